The number of amides is 2. The van der Waals surface area contributed by atoms with Gasteiger partial charge in [0.15, 0.2) is 0 Å². The number of nitrogens with zero attached hydrogens (tertiary/aromatic N) is 3. The molecule has 1 aliphatic rings. The second-order valence-electron chi connectivity index (χ2n) is 10.3. The number of aromatic nitrogens is 2. The van der Waals surface area contributed by atoms with E-state index in [0.717, 1.165) is 40.8 Å². The standard InChI is InChI=1S/C31H38N4O5/c1-34-21-26(20-32-34)25-9-4-22(5-10-25)8-13-30(37)35-16-14-24(15-17-35)19-29(36)33-28(31(38)40-3)18-23-6-11-27(39-2)12-7-23/h4-7,9-12,20-21,24,28H,8,13-19H2,1-3H3,(H,33,36)/t28-/m0/s1. The minimum absolute atomic E-state index is 0.143. The molecule has 2 amide bonds. The maximum absolute atomic E-state index is 12.8. The van der Waals surface area contributed by atoms with Gasteiger partial charge in [0.1, 0.15) is 11.8 Å². The van der Waals surface area contributed by atoms with Gasteiger partial charge in [0.25, 0.3) is 0 Å². The Kier molecular flexibility index (Phi) is 9.94. The zero-order valence-corrected chi connectivity index (χ0v) is 23.5. The molecule has 1 saturated heterocycles. The second-order valence-corrected chi connectivity index (χ2v) is 10.3. The summed E-state index contributed by atoms with van der Waals surface area (Å²) in [6.07, 6.45) is 7.16. The van der Waals surface area contributed by atoms with Gasteiger partial charge in [0.05, 0.1) is 20.4 Å². The molecule has 3 aromatic rings. The molecule has 2 aromatic carbocycles. The van der Waals surface area contributed by atoms with Crippen molar-refractivity contribution in [3.8, 4) is 16.9 Å². The Morgan fingerprint density at radius 3 is 2.25 bits per heavy atom. The smallest absolute Gasteiger partial charge is 0.328 e. The molecule has 2 heterocycles. The zero-order valence-electron chi connectivity index (χ0n) is 23.5. The minimum atomic E-state index is -0.758. The van der Waals surface area contributed by atoms with Gasteiger partial charge in [0, 0.05) is 51.2 Å². The molecule has 1 fully saturated rings. The number of likely N-dealkylation sites (tertiary alicyclic amines) is 1. The monoisotopic (exact) mass is 546 g/mol. The molecule has 40 heavy (non-hydrogen) atoms. The first-order chi connectivity index (χ1) is 19.3. The lowest BCUT2D eigenvalue weighted by atomic mass is 9.92. The third kappa shape index (κ3) is 7.94. The van der Waals surface area contributed by atoms with E-state index in [1.54, 1.807) is 11.8 Å². The molecule has 212 valence electrons. The van der Waals surface area contributed by atoms with Gasteiger partial charge in [-0.25, -0.2) is 4.79 Å². The van der Waals surface area contributed by atoms with Crippen molar-refractivity contribution < 1.29 is 23.9 Å². The van der Waals surface area contributed by atoms with Crippen LogP contribution in [0.1, 0.15) is 36.8 Å². The number of carbonyl (C=O) groups excluding carboxylic acids is 3. The van der Waals surface area contributed by atoms with Crippen molar-refractivity contribution in [3.63, 3.8) is 0 Å². The second kappa shape index (κ2) is 13.8. The van der Waals surface area contributed by atoms with Gasteiger partial charge in [-0.3, -0.25) is 14.3 Å². The zero-order chi connectivity index (χ0) is 28.5. The summed E-state index contributed by atoms with van der Waals surface area (Å²) in [5.74, 6) is 0.384. The normalized spacial score (nSPS) is 14.4. The lowest BCUT2D eigenvalue weighted by Gasteiger charge is -2.32. The first kappa shape index (κ1) is 28.9. The van der Waals surface area contributed by atoms with E-state index in [9.17, 15) is 14.4 Å². The average Bonchev–Trinajstić information content (AvgIpc) is 3.42. The van der Waals surface area contributed by atoms with Gasteiger partial charge in [-0.1, -0.05) is 36.4 Å². The van der Waals surface area contributed by atoms with E-state index in [2.05, 4.69) is 34.7 Å². The summed E-state index contributed by atoms with van der Waals surface area (Å²) in [6.45, 7) is 1.28. The van der Waals surface area contributed by atoms with Crippen LogP contribution in [0.25, 0.3) is 11.1 Å². The van der Waals surface area contributed by atoms with Crippen molar-refractivity contribution in [2.75, 3.05) is 27.3 Å². The highest BCUT2D eigenvalue weighted by molar-refractivity contribution is 5.84. The predicted octanol–water partition coefficient (Wildman–Crippen LogP) is 3.56. The molecule has 0 bridgehead atoms. The first-order valence-corrected chi connectivity index (χ1v) is 13.7. The first-order valence-electron chi connectivity index (χ1n) is 13.7. The van der Waals surface area contributed by atoms with Crippen LogP contribution in [0.15, 0.2) is 60.9 Å². The average molecular weight is 547 g/mol. The number of hydrogen-bond acceptors (Lipinski definition) is 6. The summed E-state index contributed by atoms with van der Waals surface area (Å²) >= 11 is 0. The fourth-order valence-corrected chi connectivity index (χ4v) is 5.08. The van der Waals surface area contributed by atoms with Crippen molar-refractivity contribution in [1.82, 2.24) is 20.0 Å². The number of rotatable bonds is 11. The maximum Gasteiger partial charge on any atom is 0.328 e. The highest BCUT2D eigenvalue weighted by Gasteiger charge is 2.27. The van der Waals surface area contributed by atoms with Crippen molar-refractivity contribution in [2.45, 2.75) is 44.6 Å². The fraction of sp³-hybridized carbons (Fsp3) is 0.419. The van der Waals surface area contributed by atoms with E-state index >= 15 is 0 Å². The molecule has 0 aliphatic carbocycles. The largest absolute Gasteiger partial charge is 0.497 e. The number of carbonyl (C=O) groups is 3. The van der Waals surface area contributed by atoms with Crippen LogP contribution < -0.4 is 10.1 Å². The van der Waals surface area contributed by atoms with E-state index < -0.39 is 12.0 Å². The molecule has 0 spiro atoms. The summed E-state index contributed by atoms with van der Waals surface area (Å²) in [5.41, 5.74) is 4.20. The number of ether oxygens (including phenoxy) is 2. The topological polar surface area (TPSA) is 103 Å². The molecule has 1 N–H and O–H groups in total. The molecule has 0 saturated carbocycles. The summed E-state index contributed by atoms with van der Waals surface area (Å²) in [4.78, 5) is 39.9. The van der Waals surface area contributed by atoms with Crippen LogP contribution >= 0.6 is 0 Å². The Bertz CT molecular complexity index is 1280. The van der Waals surface area contributed by atoms with Crippen molar-refractivity contribution in [2.24, 2.45) is 13.0 Å². The third-order valence-electron chi connectivity index (χ3n) is 7.48. The van der Waals surface area contributed by atoms with E-state index in [-0.39, 0.29) is 17.7 Å². The van der Waals surface area contributed by atoms with Crippen LogP contribution in [-0.4, -0.2) is 65.8 Å². The van der Waals surface area contributed by atoms with E-state index in [1.807, 2.05) is 48.6 Å². The van der Waals surface area contributed by atoms with Crippen LogP contribution in [0.2, 0.25) is 0 Å². The van der Waals surface area contributed by atoms with Gasteiger partial charge in [0.2, 0.25) is 11.8 Å². The molecule has 1 atom stereocenters. The minimum Gasteiger partial charge on any atom is -0.497 e. The van der Waals surface area contributed by atoms with Gasteiger partial charge in [-0.2, -0.15) is 5.10 Å². The van der Waals surface area contributed by atoms with Gasteiger partial charge < -0.3 is 19.7 Å². The van der Waals surface area contributed by atoms with Gasteiger partial charge >= 0.3 is 5.97 Å². The van der Waals surface area contributed by atoms with Crippen LogP contribution in [0, 0.1) is 5.92 Å². The Morgan fingerprint density at radius 2 is 1.65 bits per heavy atom. The molecule has 0 unspecified atom stereocenters. The number of aryl methyl sites for hydroxylation is 2. The number of esters is 1. The molecular weight excluding hydrogens is 508 g/mol. The number of methoxy groups -OCH3 is 2. The van der Waals surface area contributed by atoms with Crippen LogP contribution in [0.3, 0.4) is 0 Å². The highest BCUT2D eigenvalue weighted by atomic mass is 16.5. The Labute approximate surface area is 235 Å². The quantitative estimate of drug-likeness (QED) is 0.369. The van der Waals surface area contributed by atoms with Crippen LogP contribution in [0.5, 0.6) is 5.75 Å². The summed E-state index contributed by atoms with van der Waals surface area (Å²) in [5, 5.41) is 7.06. The van der Waals surface area contributed by atoms with E-state index in [1.165, 1.54) is 7.11 Å². The Morgan fingerprint density at radius 1 is 0.975 bits per heavy atom. The molecule has 1 aromatic heterocycles. The lowest BCUT2D eigenvalue weighted by Crippen LogP contribution is -2.44. The molecule has 4 rings (SSSR count). The predicted molar refractivity (Wildman–Crippen MR) is 152 cm³/mol. The molecule has 9 nitrogen and oxygen atoms in total. The van der Waals surface area contributed by atoms with Gasteiger partial charge in [-0.05, 0) is 54.0 Å². The van der Waals surface area contributed by atoms with Crippen LogP contribution in [-0.2, 0) is 39.0 Å². The van der Waals surface area contributed by atoms with Crippen molar-refractivity contribution >= 4 is 17.8 Å². The number of piperidine rings is 1. The van der Waals surface area contributed by atoms with Crippen LogP contribution in [0.4, 0.5) is 0 Å². The van der Waals surface area contributed by atoms with Gasteiger partial charge in [-0.15, -0.1) is 0 Å². The fourth-order valence-electron chi connectivity index (χ4n) is 5.08. The summed E-state index contributed by atoms with van der Waals surface area (Å²) in [6, 6.07) is 14.9. The third-order valence-corrected chi connectivity index (χ3v) is 7.48. The SMILES string of the molecule is COC(=O)[C@H](Cc1ccc(OC)cc1)NC(=O)CC1CCN(C(=O)CCc2ccc(-c3cnn(C)c3)cc2)CC1. The molecule has 1 aliphatic heterocycles. The molecule has 0 radical (unpaired) electrons. The molecular formula is C31H38N4O5. The number of nitrogens with one attached hydrogen (secondary N) is 1. The summed E-state index contributed by atoms with van der Waals surface area (Å²) < 4.78 is 11.9. The maximum atomic E-state index is 12.8. The Hall–Kier alpha value is -4.14. The summed E-state index contributed by atoms with van der Waals surface area (Å²) in [7, 11) is 4.81. The van der Waals surface area contributed by atoms with E-state index in [4.69, 9.17) is 9.47 Å². The molecule has 9 heteroatoms. The van der Waals surface area contributed by atoms with E-state index in [0.29, 0.717) is 38.8 Å². The lowest BCUT2D eigenvalue weighted by molar-refractivity contribution is -0.145. The number of benzene rings is 2. The Balaban J connectivity index is 1.20. The highest BCUT2D eigenvalue weighted by Crippen LogP contribution is 2.23. The number of hydrogen-bond donors (Lipinski definition) is 1. The van der Waals surface area contributed by atoms with Crippen molar-refractivity contribution in [3.05, 3.63) is 72.1 Å². The van der Waals surface area contributed by atoms with Crippen molar-refractivity contribution in [1.29, 1.82) is 0 Å².